The summed E-state index contributed by atoms with van der Waals surface area (Å²) in [6.45, 7) is 4.13. The molecule has 1 heterocycles. The first-order valence-electron chi connectivity index (χ1n) is 7.48. The lowest BCUT2D eigenvalue weighted by molar-refractivity contribution is -0.319. The first-order chi connectivity index (χ1) is 11.7. The Morgan fingerprint density at radius 3 is 2.32 bits per heavy atom. The number of carbonyl (C=O) groups excluding carboxylic acids is 3. The van der Waals surface area contributed by atoms with Crippen LogP contribution in [-0.2, 0) is 14.4 Å². The van der Waals surface area contributed by atoms with Gasteiger partial charge in [-0.05, 0) is 23.1 Å². The van der Waals surface area contributed by atoms with Crippen LogP contribution in [0.1, 0.15) is 37.3 Å². The summed E-state index contributed by atoms with van der Waals surface area (Å²) in [4.78, 5) is 35.4. The molecule has 1 aliphatic rings. The number of carboxylic acids is 2. The number of amides is 1. The molecule has 0 aliphatic carbocycles. The van der Waals surface area contributed by atoms with Crippen molar-refractivity contribution in [2.24, 2.45) is 0 Å². The summed E-state index contributed by atoms with van der Waals surface area (Å²) in [6.07, 6.45) is 0.708. The van der Waals surface area contributed by atoms with Crippen molar-refractivity contribution in [2.45, 2.75) is 32.2 Å². The number of hydrogen-bond donors (Lipinski definition) is 0. The van der Waals surface area contributed by atoms with Gasteiger partial charge in [0.15, 0.2) is 0 Å². The highest BCUT2D eigenvalue weighted by molar-refractivity contribution is 8.26. The molecule has 1 fully saturated rings. The van der Waals surface area contributed by atoms with E-state index in [1.807, 2.05) is 24.3 Å². The largest absolute Gasteiger partial charge is 0.550 e. The zero-order chi connectivity index (χ0) is 18.7. The molecule has 1 aromatic rings. The fourth-order valence-corrected chi connectivity index (χ4v) is 3.67. The van der Waals surface area contributed by atoms with Crippen molar-refractivity contribution in [3.05, 3.63) is 40.3 Å². The van der Waals surface area contributed by atoms with Crippen molar-refractivity contribution in [3.8, 4) is 0 Å². The van der Waals surface area contributed by atoms with Gasteiger partial charge in [0.1, 0.15) is 4.32 Å². The molecular formula is C17H15NO5S2-2. The minimum Gasteiger partial charge on any atom is -0.550 e. The lowest BCUT2D eigenvalue weighted by Gasteiger charge is -2.27. The SMILES string of the molecule is CC(C)c1ccc(/C=C2\SC(=S)N([C@@H](CC(=O)[O-])C(=O)[O-])C2=O)cc1. The maximum Gasteiger partial charge on any atom is 0.266 e. The molecule has 0 bridgehead atoms. The van der Waals surface area contributed by atoms with Crippen LogP contribution in [0.15, 0.2) is 29.2 Å². The average Bonchev–Trinajstić information content (AvgIpc) is 2.79. The van der Waals surface area contributed by atoms with E-state index in [1.165, 1.54) is 0 Å². The van der Waals surface area contributed by atoms with Crippen molar-refractivity contribution in [3.63, 3.8) is 0 Å². The molecule has 0 spiro atoms. The van der Waals surface area contributed by atoms with E-state index in [0.29, 0.717) is 5.92 Å². The summed E-state index contributed by atoms with van der Waals surface area (Å²) >= 11 is 5.96. The number of carboxylic acid groups (broad SMARTS) is 2. The molecule has 132 valence electrons. The smallest absolute Gasteiger partial charge is 0.266 e. The van der Waals surface area contributed by atoms with E-state index in [9.17, 15) is 24.6 Å². The summed E-state index contributed by atoms with van der Waals surface area (Å²) in [5.74, 6) is -3.57. The van der Waals surface area contributed by atoms with Gasteiger partial charge in [-0.3, -0.25) is 9.69 Å². The molecule has 1 atom stereocenters. The highest BCUT2D eigenvalue weighted by atomic mass is 32.2. The van der Waals surface area contributed by atoms with Gasteiger partial charge in [0.25, 0.3) is 5.91 Å². The first kappa shape index (κ1) is 19.1. The second-order valence-electron chi connectivity index (χ2n) is 5.78. The van der Waals surface area contributed by atoms with Crippen molar-refractivity contribution < 1.29 is 24.6 Å². The molecule has 0 N–H and O–H groups in total. The van der Waals surface area contributed by atoms with E-state index in [4.69, 9.17) is 12.2 Å². The van der Waals surface area contributed by atoms with E-state index >= 15 is 0 Å². The first-order valence-corrected chi connectivity index (χ1v) is 8.71. The van der Waals surface area contributed by atoms with E-state index < -0.39 is 30.3 Å². The number of hydrogen-bond acceptors (Lipinski definition) is 7. The molecule has 1 saturated heterocycles. The summed E-state index contributed by atoms with van der Waals surface area (Å²) in [6, 6.07) is 5.89. The Labute approximate surface area is 154 Å². The standard InChI is InChI=1S/C17H17NO5S2/c1-9(2)11-5-3-10(4-6-11)7-13-15(21)18(17(24)25-13)12(16(22)23)8-14(19)20/h3-7,9,12H,8H2,1-2H3,(H,19,20)(H,22,23)/p-2/b13-7-/t12-/m0/s1. The number of benzene rings is 1. The summed E-state index contributed by atoms with van der Waals surface area (Å²) < 4.78 is -0.0227. The zero-order valence-corrected chi connectivity index (χ0v) is 15.2. The van der Waals surface area contributed by atoms with Gasteiger partial charge in [-0.15, -0.1) is 0 Å². The van der Waals surface area contributed by atoms with Gasteiger partial charge in [-0.25, -0.2) is 0 Å². The van der Waals surface area contributed by atoms with E-state index in [0.717, 1.165) is 27.8 Å². The Kier molecular flexibility index (Phi) is 5.97. The third-order valence-electron chi connectivity index (χ3n) is 3.67. The maximum absolute atomic E-state index is 12.5. The molecule has 6 nitrogen and oxygen atoms in total. The van der Waals surface area contributed by atoms with Gasteiger partial charge in [-0.1, -0.05) is 62.1 Å². The fourth-order valence-electron chi connectivity index (χ4n) is 2.31. The second-order valence-corrected chi connectivity index (χ2v) is 7.46. The van der Waals surface area contributed by atoms with Gasteiger partial charge >= 0.3 is 0 Å². The molecule has 0 radical (unpaired) electrons. The van der Waals surface area contributed by atoms with Crippen LogP contribution in [0, 0.1) is 0 Å². The Morgan fingerprint density at radius 2 is 1.84 bits per heavy atom. The van der Waals surface area contributed by atoms with Crippen LogP contribution in [0.5, 0.6) is 0 Å². The Balaban J connectivity index is 2.27. The predicted molar refractivity (Wildman–Crippen MR) is 94.0 cm³/mol. The highest BCUT2D eigenvalue weighted by Crippen LogP contribution is 2.34. The van der Waals surface area contributed by atoms with Crippen LogP contribution in [0.2, 0.25) is 0 Å². The maximum atomic E-state index is 12.5. The van der Waals surface area contributed by atoms with Gasteiger partial charge in [-0.2, -0.15) is 0 Å². The number of thiocarbonyl (C=S) groups is 1. The van der Waals surface area contributed by atoms with E-state index in [1.54, 1.807) is 6.08 Å². The van der Waals surface area contributed by atoms with Crippen molar-refractivity contribution >= 4 is 52.2 Å². The van der Waals surface area contributed by atoms with E-state index in [2.05, 4.69) is 13.8 Å². The minimum absolute atomic E-state index is 0.0227. The Bertz CT molecular complexity index is 755. The Morgan fingerprint density at radius 1 is 1.24 bits per heavy atom. The molecule has 2 rings (SSSR count). The summed E-state index contributed by atoms with van der Waals surface area (Å²) in [5.41, 5.74) is 1.91. The van der Waals surface area contributed by atoms with Crippen LogP contribution >= 0.6 is 24.0 Å². The van der Waals surface area contributed by atoms with Crippen molar-refractivity contribution in [1.82, 2.24) is 4.90 Å². The van der Waals surface area contributed by atoms with Crippen LogP contribution in [0.3, 0.4) is 0 Å². The number of nitrogens with zero attached hydrogens (tertiary/aromatic N) is 1. The number of rotatable bonds is 6. The molecule has 0 aromatic heterocycles. The van der Waals surface area contributed by atoms with Gasteiger partial charge in [0.05, 0.1) is 16.9 Å². The average molecular weight is 377 g/mol. The highest BCUT2D eigenvalue weighted by Gasteiger charge is 2.37. The molecule has 8 heteroatoms. The zero-order valence-electron chi connectivity index (χ0n) is 13.6. The molecule has 1 amide bonds. The molecule has 0 unspecified atom stereocenters. The second kappa shape index (κ2) is 7.79. The molecule has 0 saturated carbocycles. The molecule has 1 aromatic carbocycles. The third kappa shape index (κ3) is 4.46. The van der Waals surface area contributed by atoms with Crippen molar-refractivity contribution in [1.29, 1.82) is 0 Å². The predicted octanol–water partition coefficient (Wildman–Crippen LogP) is 0.270. The molecule has 25 heavy (non-hydrogen) atoms. The summed E-state index contributed by atoms with van der Waals surface area (Å²) in [5, 5.41) is 21.9. The summed E-state index contributed by atoms with van der Waals surface area (Å²) in [7, 11) is 0. The minimum atomic E-state index is -1.69. The number of thioether (sulfide) groups is 1. The molecular weight excluding hydrogens is 362 g/mol. The van der Waals surface area contributed by atoms with Crippen LogP contribution in [0.4, 0.5) is 0 Å². The van der Waals surface area contributed by atoms with Crippen LogP contribution in [0.25, 0.3) is 6.08 Å². The van der Waals surface area contributed by atoms with Crippen LogP contribution < -0.4 is 10.2 Å². The quantitative estimate of drug-likeness (QED) is 0.518. The number of carbonyl (C=O) groups is 3. The third-order valence-corrected chi connectivity index (χ3v) is 5.00. The van der Waals surface area contributed by atoms with Crippen molar-refractivity contribution in [2.75, 3.05) is 0 Å². The van der Waals surface area contributed by atoms with E-state index in [-0.39, 0.29) is 9.23 Å². The Hall–Kier alpha value is -2.19. The van der Waals surface area contributed by atoms with Gasteiger partial charge in [0, 0.05) is 12.4 Å². The normalized spacial score (nSPS) is 17.4. The van der Waals surface area contributed by atoms with Gasteiger partial charge in [0.2, 0.25) is 0 Å². The number of aliphatic carboxylic acids is 2. The van der Waals surface area contributed by atoms with Crippen LogP contribution in [-0.4, -0.2) is 33.1 Å². The lowest BCUT2D eigenvalue weighted by atomic mass is 10.0. The fraction of sp³-hybridized carbons (Fsp3) is 0.294. The molecule has 1 aliphatic heterocycles. The monoisotopic (exact) mass is 377 g/mol. The topological polar surface area (TPSA) is 101 Å². The lowest BCUT2D eigenvalue weighted by Crippen LogP contribution is -2.52. The van der Waals surface area contributed by atoms with Gasteiger partial charge < -0.3 is 19.8 Å².